The summed E-state index contributed by atoms with van der Waals surface area (Å²) in [6, 6.07) is 0. The summed E-state index contributed by atoms with van der Waals surface area (Å²) in [4.78, 5) is 15.8. The summed E-state index contributed by atoms with van der Waals surface area (Å²) >= 11 is 7.45. The number of carbonyl (C=O) groups is 1. The summed E-state index contributed by atoms with van der Waals surface area (Å²) in [5.41, 5.74) is 1.15. The summed E-state index contributed by atoms with van der Waals surface area (Å²) in [6.07, 6.45) is 0. The fourth-order valence-corrected chi connectivity index (χ4v) is 2.62. The fourth-order valence-electron chi connectivity index (χ4n) is 1.42. The van der Waals surface area contributed by atoms with Crippen molar-refractivity contribution in [3.63, 3.8) is 0 Å². The van der Waals surface area contributed by atoms with Crippen LogP contribution in [0.1, 0.15) is 21.8 Å². The van der Waals surface area contributed by atoms with E-state index in [-0.39, 0.29) is 24.0 Å². The maximum absolute atomic E-state index is 11.0. The average molecular weight is 288 g/mol. The van der Waals surface area contributed by atoms with Crippen LogP contribution in [0.3, 0.4) is 0 Å². The molecule has 0 aliphatic rings. The molecular formula is C11H10ClNO4S. The van der Waals surface area contributed by atoms with Crippen LogP contribution in [0.25, 0.3) is 10.8 Å². The Morgan fingerprint density at radius 3 is 2.89 bits per heavy atom. The lowest BCUT2D eigenvalue weighted by molar-refractivity contribution is 0.0656. The maximum atomic E-state index is 11.0. The van der Waals surface area contributed by atoms with Gasteiger partial charge in [-0.05, 0) is 17.9 Å². The Kier molecular flexibility index (Phi) is 3.70. The van der Waals surface area contributed by atoms with Crippen LogP contribution in [0.4, 0.5) is 0 Å². The molecule has 1 N–H and O–H groups in total. The van der Waals surface area contributed by atoms with Gasteiger partial charge in [-0.1, -0.05) is 11.6 Å². The van der Waals surface area contributed by atoms with Crippen molar-refractivity contribution in [2.24, 2.45) is 0 Å². The van der Waals surface area contributed by atoms with E-state index in [1.807, 2.05) is 12.3 Å². The van der Waals surface area contributed by atoms with Gasteiger partial charge in [-0.25, -0.2) is 9.78 Å². The number of methoxy groups -OCH3 is 1. The third-order valence-electron chi connectivity index (χ3n) is 2.27. The summed E-state index contributed by atoms with van der Waals surface area (Å²) in [7, 11) is 1.46. The first-order chi connectivity index (χ1) is 8.54. The Balaban J connectivity index is 2.49. The molecule has 0 atom stereocenters. The molecule has 0 radical (unpaired) electrons. The highest BCUT2D eigenvalue weighted by Gasteiger charge is 2.22. The predicted molar refractivity (Wildman–Crippen MR) is 67.2 cm³/mol. The first-order valence-corrected chi connectivity index (χ1v) is 6.26. The molecule has 96 valence electrons. The number of carboxylic acids is 1. The number of aromatic nitrogens is 1. The van der Waals surface area contributed by atoms with E-state index in [4.69, 9.17) is 25.9 Å². The highest BCUT2D eigenvalue weighted by atomic mass is 35.5. The van der Waals surface area contributed by atoms with E-state index >= 15 is 0 Å². The lowest BCUT2D eigenvalue weighted by atomic mass is 10.3. The van der Waals surface area contributed by atoms with E-state index in [1.54, 1.807) is 0 Å². The lowest BCUT2D eigenvalue weighted by Gasteiger charge is -1.92. The number of carboxylic acid groups (broad SMARTS) is 1. The van der Waals surface area contributed by atoms with Crippen LogP contribution in [0.2, 0.25) is 5.02 Å². The van der Waals surface area contributed by atoms with Gasteiger partial charge in [0.1, 0.15) is 10.6 Å². The van der Waals surface area contributed by atoms with Crippen molar-refractivity contribution in [3.05, 3.63) is 27.4 Å². The summed E-state index contributed by atoms with van der Waals surface area (Å²) in [5, 5.41) is 11.4. The van der Waals surface area contributed by atoms with Crippen LogP contribution in [-0.2, 0) is 11.3 Å². The number of thiophene rings is 1. The third-order valence-corrected chi connectivity index (χ3v) is 3.95. The van der Waals surface area contributed by atoms with Crippen LogP contribution in [0.15, 0.2) is 9.80 Å². The van der Waals surface area contributed by atoms with Gasteiger partial charge in [0.15, 0.2) is 0 Å². The maximum Gasteiger partial charge on any atom is 0.373 e. The number of rotatable bonds is 4. The zero-order valence-corrected chi connectivity index (χ0v) is 11.3. The standard InChI is InChI=1S/C11H10ClNO4S/c1-5-4-18-9(7(5)12)10-13-6(3-16-2)8(17-10)11(14)15/h4H,3H2,1-2H3,(H,14,15). The third kappa shape index (κ3) is 2.27. The number of nitrogens with zero attached hydrogens (tertiary/aromatic N) is 1. The van der Waals surface area contributed by atoms with Gasteiger partial charge in [0.25, 0.3) is 0 Å². The molecule has 0 fully saturated rings. The molecule has 5 nitrogen and oxygen atoms in total. The molecule has 2 rings (SSSR count). The van der Waals surface area contributed by atoms with E-state index in [0.717, 1.165) is 5.56 Å². The Bertz CT molecular complexity index is 590. The highest BCUT2D eigenvalue weighted by Crippen LogP contribution is 2.36. The highest BCUT2D eigenvalue weighted by molar-refractivity contribution is 7.14. The van der Waals surface area contributed by atoms with Crippen molar-refractivity contribution in [2.45, 2.75) is 13.5 Å². The summed E-state index contributed by atoms with van der Waals surface area (Å²) in [6.45, 7) is 1.94. The molecule has 0 amide bonds. The fraction of sp³-hybridized carbons (Fsp3) is 0.273. The van der Waals surface area contributed by atoms with Crippen molar-refractivity contribution in [1.29, 1.82) is 0 Å². The zero-order valence-electron chi connectivity index (χ0n) is 9.69. The average Bonchev–Trinajstić information content (AvgIpc) is 2.86. The number of ether oxygens (including phenoxy) is 1. The van der Waals surface area contributed by atoms with Gasteiger partial charge in [0.05, 0.1) is 11.6 Å². The first-order valence-electron chi connectivity index (χ1n) is 5.00. The van der Waals surface area contributed by atoms with Gasteiger partial charge in [-0.3, -0.25) is 0 Å². The Labute approximate surface area is 112 Å². The lowest BCUT2D eigenvalue weighted by Crippen LogP contribution is -2.00. The summed E-state index contributed by atoms with van der Waals surface area (Å²) < 4.78 is 10.1. The zero-order chi connectivity index (χ0) is 13.3. The van der Waals surface area contributed by atoms with Crippen LogP contribution in [-0.4, -0.2) is 23.2 Å². The second-order valence-corrected chi connectivity index (χ2v) is 4.85. The smallest absolute Gasteiger partial charge is 0.373 e. The monoisotopic (exact) mass is 287 g/mol. The van der Waals surface area contributed by atoms with Crippen LogP contribution in [0.5, 0.6) is 0 Å². The van der Waals surface area contributed by atoms with Gasteiger partial charge in [0.2, 0.25) is 11.7 Å². The van der Waals surface area contributed by atoms with E-state index in [9.17, 15) is 4.79 Å². The normalized spacial score (nSPS) is 10.8. The van der Waals surface area contributed by atoms with E-state index < -0.39 is 5.97 Å². The molecule has 0 unspecified atom stereocenters. The molecule has 2 aromatic rings. The molecule has 0 saturated carbocycles. The molecular weight excluding hydrogens is 278 g/mol. The topological polar surface area (TPSA) is 72.6 Å². The quantitative estimate of drug-likeness (QED) is 0.935. The minimum atomic E-state index is -1.18. The Hall–Kier alpha value is -1.37. The minimum Gasteiger partial charge on any atom is -0.475 e. The van der Waals surface area contributed by atoms with Crippen LogP contribution >= 0.6 is 22.9 Å². The second kappa shape index (κ2) is 5.09. The molecule has 18 heavy (non-hydrogen) atoms. The van der Waals surface area contributed by atoms with Gasteiger partial charge in [-0.15, -0.1) is 11.3 Å². The number of halogens is 1. The Morgan fingerprint density at radius 2 is 2.39 bits per heavy atom. The molecule has 0 spiro atoms. The predicted octanol–water partition coefficient (Wildman–Crippen LogP) is 3.21. The van der Waals surface area contributed by atoms with E-state index in [2.05, 4.69) is 4.98 Å². The van der Waals surface area contributed by atoms with Crippen molar-refractivity contribution in [3.8, 4) is 10.8 Å². The van der Waals surface area contributed by atoms with E-state index in [1.165, 1.54) is 18.4 Å². The van der Waals surface area contributed by atoms with Crippen LogP contribution < -0.4 is 0 Å². The molecule has 2 aromatic heterocycles. The molecule has 0 aliphatic heterocycles. The van der Waals surface area contributed by atoms with Gasteiger partial charge in [0, 0.05) is 7.11 Å². The first kappa shape index (κ1) is 13.1. The van der Waals surface area contributed by atoms with Crippen molar-refractivity contribution < 1.29 is 19.1 Å². The molecule has 2 heterocycles. The second-order valence-electron chi connectivity index (χ2n) is 3.59. The number of hydrogen-bond acceptors (Lipinski definition) is 5. The van der Waals surface area contributed by atoms with Crippen molar-refractivity contribution >= 4 is 28.9 Å². The van der Waals surface area contributed by atoms with Gasteiger partial charge < -0.3 is 14.3 Å². The molecule has 7 heteroatoms. The Morgan fingerprint density at radius 1 is 1.67 bits per heavy atom. The van der Waals surface area contributed by atoms with Gasteiger partial charge in [-0.2, -0.15) is 0 Å². The molecule has 0 aromatic carbocycles. The molecule has 0 saturated heterocycles. The number of aryl methyl sites for hydroxylation is 1. The van der Waals surface area contributed by atoms with Crippen molar-refractivity contribution in [2.75, 3.05) is 7.11 Å². The van der Waals surface area contributed by atoms with Crippen LogP contribution in [0, 0.1) is 6.92 Å². The molecule has 0 aliphatic carbocycles. The minimum absolute atomic E-state index is 0.0765. The number of oxazole rings is 1. The van der Waals surface area contributed by atoms with Crippen molar-refractivity contribution in [1.82, 2.24) is 4.98 Å². The summed E-state index contributed by atoms with van der Waals surface area (Å²) in [5.74, 6) is -1.18. The molecule has 0 bridgehead atoms. The largest absolute Gasteiger partial charge is 0.475 e. The number of hydrogen-bond donors (Lipinski definition) is 1. The SMILES string of the molecule is COCc1nc(-c2scc(C)c2Cl)oc1C(=O)O. The van der Waals surface area contributed by atoms with Gasteiger partial charge >= 0.3 is 5.97 Å². The van der Waals surface area contributed by atoms with E-state index in [0.29, 0.717) is 9.90 Å². The number of aromatic carboxylic acids is 1.